The summed E-state index contributed by atoms with van der Waals surface area (Å²) >= 11 is 0. The van der Waals surface area contributed by atoms with Gasteiger partial charge in [0.25, 0.3) is 0 Å². The van der Waals surface area contributed by atoms with Gasteiger partial charge in [0.2, 0.25) is 0 Å². The monoisotopic (exact) mass is 249 g/mol. The van der Waals surface area contributed by atoms with E-state index in [-0.39, 0.29) is 12.1 Å². The summed E-state index contributed by atoms with van der Waals surface area (Å²) in [6, 6.07) is 1.95. The van der Waals surface area contributed by atoms with Gasteiger partial charge in [-0.3, -0.25) is 0 Å². The van der Waals surface area contributed by atoms with Crippen molar-refractivity contribution in [2.75, 3.05) is 11.9 Å². The third-order valence-electron chi connectivity index (χ3n) is 3.89. The van der Waals surface area contributed by atoms with Crippen LogP contribution in [0.4, 0.5) is 5.82 Å². The van der Waals surface area contributed by atoms with Crippen LogP contribution in [0.2, 0.25) is 0 Å². The molecule has 1 aliphatic carbocycles. The first-order valence-electron chi connectivity index (χ1n) is 6.74. The maximum Gasteiger partial charge on any atom is 0.130 e. The molecule has 18 heavy (non-hydrogen) atoms. The molecule has 1 saturated carbocycles. The number of rotatable bonds is 3. The Hall–Kier alpha value is -1.16. The van der Waals surface area contributed by atoms with Crippen molar-refractivity contribution in [1.82, 2.24) is 9.97 Å². The number of aromatic nitrogens is 2. The molecule has 0 aliphatic heterocycles. The number of aliphatic hydroxyl groups excluding tert-OH is 1. The van der Waals surface area contributed by atoms with E-state index in [1.807, 2.05) is 19.9 Å². The highest BCUT2D eigenvalue weighted by Crippen LogP contribution is 2.34. The van der Waals surface area contributed by atoms with Crippen LogP contribution < -0.4 is 5.32 Å². The molecule has 1 aliphatic rings. The molecular formula is C14H23N3O. The zero-order valence-corrected chi connectivity index (χ0v) is 11.5. The normalized spacial score (nSPS) is 28.1. The second-order valence-electron chi connectivity index (χ2n) is 5.69. The molecule has 0 bridgehead atoms. The fraction of sp³-hybridized carbons (Fsp3) is 0.714. The molecule has 0 amide bonds. The molecule has 1 heterocycles. The SMILES string of the molecule is Cc1cc(NC2(CO)CCC(C)CC2)nc(C)n1. The molecule has 2 rings (SSSR count). The van der Waals surface area contributed by atoms with Gasteiger partial charge in [-0.2, -0.15) is 0 Å². The van der Waals surface area contributed by atoms with Crippen molar-refractivity contribution >= 4 is 5.82 Å². The van der Waals surface area contributed by atoms with Crippen LogP contribution in [0.15, 0.2) is 6.07 Å². The summed E-state index contributed by atoms with van der Waals surface area (Å²) in [5.74, 6) is 2.37. The first kappa shape index (κ1) is 13.3. The van der Waals surface area contributed by atoms with Gasteiger partial charge >= 0.3 is 0 Å². The van der Waals surface area contributed by atoms with E-state index >= 15 is 0 Å². The van der Waals surface area contributed by atoms with Crippen LogP contribution in [0.5, 0.6) is 0 Å². The molecule has 0 unspecified atom stereocenters. The van der Waals surface area contributed by atoms with Crippen molar-refractivity contribution in [3.05, 3.63) is 17.6 Å². The number of aryl methyl sites for hydroxylation is 2. The van der Waals surface area contributed by atoms with Crippen molar-refractivity contribution in [2.24, 2.45) is 5.92 Å². The first-order valence-corrected chi connectivity index (χ1v) is 6.74. The molecule has 0 atom stereocenters. The Morgan fingerprint density at radius 3 is 2.56 bits per heavy atom. The summed E-state index contributed by atoms with van der Waals surface area (Å²) in [6.45, 7) is 6.31. The zero-order valence-electron chi connectivity index (χ0n) is 11.5. The van der Waals surface area contributed by atoms with Crippen LogP contribution in [0, 0.1) is 19.8 Å². The van der Waals surface area contributed by atoms with E-state index in [0.717, 1.165) is 48.9 Å². The van der Waals surface area contributed by atoms with Crippen molar-refractivity contribution < 1.29 is 5.11 Å². The fourth-order valence-electron chi connectivity index (χ4n) is 2.69. The predicted molar refractivity (Wildman–Crippen MR) is 72.6 cm³/mol. The number of nitrogens with one attached hydrogen (secondary N) is 1. The summed E-state index contributed by atoms with van der Waals surface area (Å²) in [5.41, 5.74) is 0.766. The molecular weight excluding hydrogens is 226 g/mol. The Labute approximate surface area is 109 Å². The molecule has 2 N–H and O–H groups in total. The van der Waals surface area contributed by atoms with Crippen molar-refractivity contribution in [3.63, 3.8) is 0 Å². The minimum Gasteiger partial charge on any atom is -0.394 e. The van der Waals surface area contributed by atoms with Gasteiger partial charge in [-0.05, 0) is 45.4 Å². The maximum atomic E-state index is 9.72. The summed E-state index contributed by atoms with van der Waals surface area (Å²) in [6.07, 6.45) is 4.34. The van der Waals surface area contributed by atoms with Crippen molar-refractivity contribution in [3.8, 4) is 0 Å². The lowest BCUT2D eigenvalue weighted by molar-refractivity contribution is 0.155. The third kappa shape index (κ3) is 2.99. The van der Waals surface area contributed by atoms with Crippen LogP contribution in [0.25, 0.3) is 0 Å². The lowest BCUT2D eigenvalue weighted by Crippen LogP contribution is -2.45. The maximum absolute atomic E-state index is 9.72. The first-order chi connectivity index (χ1) is 8.53. The molecule has 4 nitrogen and oxygen atoms in total. The Balaban J connectivity index is 2.14. The molecule has 0 radical (unpaired) electrons. The second-order valence-corrected chi connectivity index (χ2v) is 5.69. The average Bonchev–Trinajstić information content (AvgIpc) is 2.31. The van der Waals surface area contributed by atoms with E-state index in [1.54, 1.807) is 0 Å². The zero-order chi connectivity index (χ0) is 13.2. The molecule has 100 valence electrons. The largest absolute Gasteiger partial charge is 0.394 e. The van der Waals surface area contributed by atoms with Crippen molar-refractivity contribution in [2.45, 2.75) is 52.0 Å². The van der Waals surface area contributed by atoms with Crippen molar-refractivity contribution in [1.29, 1.82) is 0 Å². The van der Waals surface area contributed by atoms with Gasteiger partial charge in [-0.1, -0.05) is 6.92 Å². The lowest BCUT2D eigenvalue weighted by Gasteiger charge is -2.39. The van der Waals surface area contributed by atoms with E-state index in [0.29, 0.717) is 0 Å². The smallest absolute Gasteiger partial charge is 0.130 e. The van der Waals surface area contributed by atoms with Gasteiger partial charge in [0.15, 0.2) is 0 Å². The molecule has 1 aromatic heterocycles. The van der Waals surface area contributed by atoms with Gasteiger partial charge < -0.3 is 10.4 Å². The Morgan fingerprint density at radius 2 is 2.00 bits per heavy atom. The standard InChI is InChI=1S/C14H23N3O/c1-10-4-6-14(9-18,7-5-10)17-13-8-11(2)15-12(3)16-13/h8,10,18H,4-7,9H2,1-3H3,(H,15,16,17). The fourth-order valence-corrected chi connectivity index (χ4v) is 2.69. The summed E-state index contributed by atoms with van der Waals surface area (Å²) < 4.78 is 0. The van der Waals surface area contributed by atoms with E-state index < -0.39 is 0 Å². The van der Waals surface area contributed by atoms with Gasteiger partial charge in [-0.25, -0.2) is 9.97 Å². The summed E-state index contributed by atoms with van der Waals surface area (Å²) in [5, 5.41) is 13.2. The Kier molecular flexibility index (Phi) is 3.85. The molecule has 0 spiro atoms. The van der Waals surface area contributed by atoms with Crippen LogP contribution in [0.1, 0.15) is 44.1 Å². The minimum atomic E-state index is -0.195. The topological polar surface area (TPSA) is 58.0 Å². The number of hydrogen-bond acceptors (Lipinski definition) is 4. The van der Waals surface area contributed by atoms with E-state index in [9.17, 15) is 5.11 Å². The van der Waals surface area contributed by atoms with Gasteiger partial charge in [0.05, 0.1) is 12.1 Å². The highest BCUT2D eigenvalue weighted by atomic mass is 16.3. The number of anilines is 1. The molecule has 1 aromatic rings. The summed E-state index contributed by atoms with van der Waals surface area (Å²) in [7, 11) is 0. The second kappa shape index (κ2) is 5.22. The van der Waals surface area contributed by atoms with Gasteiger partial charge in [-0.15, -0.1) is 0 Å². The minimum absolute atomic E-state index is 0.168. The molecule has 4 heteroatoms. The Bertz CT molecular complexity index is 391. The Morgan fingerprint density at radius 1 is 1.33 bits per heavy atom. The highest BCUT2D eigenvalue weighted by molar-refractivity contribution is 5.39. The molecule has 0 saturated heterocycles. The van der Waals surface area contributed by atoms with E-state index in [4.69, 9.17) is 0 Å². The van der Waals surface area contributed by atoms with Gasteiger partial charge in [0.1, 0.15) is 11.6 Å². The molecule has 1 fully saturated rings. The van der Waals surface area contributed by atoms with Crippen LogP contribution in [-0.2, 0) is 0 Å². The average molecular weight is 249 g/mol. The predicted octanol–water partition coefficient (Wildman–Crippen LogP) is 2.45. The summed E-state index contributed by atoms with van der Waals surface area (Å²) in [4.78, 5) is 8.68. The van der Waals surface area contributed by atoms with Crippen LogP contribution in [0.3, 0.4) is 0 Å². The quantitative estimate of drug-likeness (QED) is 0.864. The lowest BCUT2D eigenvalue weighted by atomic mass is 9.77. The number of hydrogen-bond donors (Lipinski definition) is 2. The number of nitrogens with zero attached hydrogens (tertiary/aromatic N) is 2. The number of aliphatic hydroxyl groups is 1. The van der Waals surface area contributed by atoms with E-state index in [2.05, 4.69) is 22.2 Å². The van der Waals surface area contributed by atoms with Crippen LogP contribution in [-0.4, -0.2) is 27.2 Å². The van der Waals surface area contributed by atoms with E-state index in [1.165, 1.54) is 0 Å². The van der Waals surface area contributed by atoms with Crippen LogP contribution >= 0.6 is 0 Å². The highest BCUT2D eigenvalue weighted by Gasteiger charge is 2.33. The molecule has 0 aromatic carbocycles. The third-order valence-corrected chi connectivity index (χ3v) is 3.89. The van der Waals surface area contributed by atoms with Gasteiger partial charge in [0, 0.05) is 11.8 Å².